The summed E-state index contributed by atoms with van der Waals surface area (Å²) in [6, 6.07) is 7.11. The molecule has 3 rings (SSSR count). The molecule has 1 saturated heterocycles. The monoisotopic (exact) mass is 189 g/mol. The summed E-state index contributed by atoms with van der Waals surface area (Å²) < 4.78 is 5.27. The molecule has 2 heteroatoms. The molecular weight excluding hydrogens is 174 g/mol. The van der Waals surface area contributed by atoms with Crippen molar-refractivity contribution in [2.24, 2.45) is 0 Å². The smallest absolute Gasteiger partial charge is 0.119 e. The van der Waals surface area contributed by atoms with Gasteiger partial charge in [-0.25, -0.2) is 0 Å². The van der Waals surface area contributed by atoms with E-state index >= 15 is 0 Å². The Labute approximate surface area is 84.3 Å². The van der Waals surface area contributed by atoms with Gasteiger partial charge < -0.3 is 10.1 Å². The Morgan fingerprint density at radius 1 is 1.36 bits per heavy atom. The van der Waals surface area contributed by atoms with Gasteiger partial charge in [0.05, 0.1) is 7.11 Å². The van der Waals surface area contributed by atoms with E-state index in [1.165, 1.54) is 24.0 Å². The summed E-state index contributed by atoms with van der Waals surface area (Å²) in [5, 5.41) is 3.56. The van der Waals surface area contributed by atoms with E-state index in [1.54, 1.807) is 7.11 Å². The van der Waals surface area contributed by atoms with E-state index in [4.69, 9.17) is 4.74 Å². The van der Waals surface area contributed by atoms with Crippen molar-refractivity contribution in [3.05, 3.63) is 29.3 Å². The highest BCUT2D eigenvalue weighted by atomic mass is 16.5. The van der Waals surface area contributed by atoms with Crippen molar-refractivity contribution in [1.82, 2.24) is 5.32 Å². The minimum absolute atomic E-state index is 0.606. The van der Waals surface area contributed by atoms with Crippen molar-refractivity contribution in [2.45, 2.75) is 24.8 Å². The second-order valence-electron chi connectivity index (χ2n) is 4.22. The number of piperidine rings is 1. The third-order valence-corrected chi connectivity index (χ3v) is 3.51. The lowest BCUT2D eigenvalue weighted by Gasteiger charge is -2.20. The molecule has 1 fully saturated rings. The SMILES string of the molecule is COc1ccc2c(c1)[C@@H]1CCN[C@H]2C1. The average Bonchev–Trinajstić information content (AvgIpc) is 2.51. The molecule has 0 spiro atoms. The zero-order chi connectivity index (χ0) is 9.54. The summed E-state index contributed by atoms with van der Waals surface area (Å²) in [6.07, 6.45) is 2.55. The molecular formula is C12H15NO. The highest BCUT2D eigenvalue weighted by Gasteiger charge is 2.33. The maximum Gasteiger partial charge on any atom is 0.119 e. The molecule has 0 radical (unpaired) electrons. The Balaban J connectivity index is 2.08. The van der Waals surface area contributed by atoms with E-state index in [0.29, 0.717) is 6.04 Å². The molecule has 1 aromatic carbocycles. The molecule has 0 aromatic heterocycles. The van der Waals surface area contributed by atoms with E-state index in [-0.39, 0.29) is 0 Å². The van der Waals surface area contributed by atoms with Gasteiger partial charge in [0.1, 0.15) is 5.75 Å². The number of fused-ring (bicyclic) bond motifs is 5. The normalized spacial score (nSPS) is 28.6. The van der Waals surface area contributed by atoms with Crippen LogP contribution in [0.5, 0.6) is 5.75 Å². The molecule has 0 amide bonds. The minimum Gasteiger partial charge on any atom is -0.497 e. The first kappa shape index (κ1) is 8.30. The van der Waals surface area contributed by atoms with Gasteiger partial charge in [0, 0.05) is 6.04 Å². The third kappa shape index (κ3) is 1.07. The largest absolute Gasteiger partial charge is 0.497 e. The maximum absolute atomic E-state index is 5.27. The molecule has 1 heterocycles. The Kier molecular flexibility index (Phi) is 1.77. The van der Waals surface area contributed by atoms with E-state index in [0.717, 1.165) is 18.2 Å². The Morgan fingerprint density at radius 3 is 3.14 bits per heavy atom. The quantitative estimate of drug-likeness (QED) is 0.731. The van der Waals surface area contributed by atoms with Crippen LogP contribution >= 0.6 is 0 Å². The molecule has 1 aromatic rings. The van der Waals surface area contributed by atoms with Gasteiger partial charge in [-0.05, 0) is 48.6 Å². The first-order chi connectivity index (χ1) is 6.88. The summed E-state index contributed by atoms with van der Waals surface area (Å²) in [4.78, 5) is 0. The zero-order valence-electron chi connectivity index (χ0n) is 8.42. The first-order valence-electron chi connectivity index (χ1n) is 5.29. The number of hydrogen-bond acceptors (Lipinski definition) is 2. The fourth-order valence-electron chi connectivity index (χ4n) is 2.79. The second kappa shape index (κ2) is 2.99. The van der Waals surface area contributed by atoms with Crippen LogP contribution in [-0.2, 0) is 0 Å². The molecule has 1 aliphatic carbocycles. The van der Waals surface area contributed by atoms with Crippen LogP contribution in [0, 0.1) is 0 Å². The van der Waals surface area contributed by atoms with Crippen LogP contribution in [0.1, 0.15) is 35.9 Å². The highest BCUT2D eigenvalue weighted by Crippen LogP contribution is 2.45. The summed E-state index contributed by atoms with van der Waals surface area (Å²) in [7, 11) is 1.74. The van der Waals surface area contributed by atoms with Crippen molar-refractivity contribution in [1.29, 1.82) is 0 Å². The van der Waals surface area contributed by atoms with Gasteiger partial charge in [-0.2, -0.15) is 0 Å². The van der Waals surface area contributed by atoms with E-state index in [1.807, 2.05) is 0 Å². The highest BCUT2D eigenvalue weighted by molar-refractivity contribution is 5.44. The van der Waals surface area contributed by atoms with Gasteiger partial charge in [-0.15, -0.1) is 0 Å². The first-order valence-corrected chi connectivity index (χ1v) is 5.29. The van der Waals surface area contributed by atoms with Crippen LogP contribution < -0.4 is 10.1 Å². The predicted octanol–water partition coefficient (Wildman–Crippen LogP) is 2.22. The molecule has 2 nitrogen and oxygen atoms in total. The maximum atomic E-state index is 5.27. The predicted molar refractivity (Wildman–Crippen MR) is 55.7 cm³/mol. The molecule has 0 unspecified atom stereocenters. The molecule has 2 bridgehead atoms. The van der Waals surface area contributed by atoms with Crippen LogP contribution in [0.15, 0.2) is 18.2 Å². The number of hydrogen-bond donors (Lipinski definition) is 1. The summed E-state index contributed by atoms with van der Waals surface area (Å²) in [5.41, 5.74) is 3.01. The van der Waals surface area contributed by atoms with Gasteiger partial charge in [0.2, 0.25) is 0 Å². The van der Waals surface area contributed by atoms with Gasteiger partial charge >= 0.3 is 0 Å². The van der Waals surface area contributed by atoms with Crippen molar-refractivity contribution < 1.29 is 4.74 Å². The Hall–Kier alpha value is -1.02. The van der Waals surface area contributed by atoms with Gasteiger partial charge in [-0.1, -0.05) is 6.07 Å². The van der Waals surface area contributed by atoms with E-state index < -0.39 is 0 Å². The van der Waals surface area contributed by atoms with Crippen molar-refractivity contribution in [3.8, 4) is 5.75 Å². The molecule has 74 valence electrons. The lowest BCUT2D eigenvalue weighted by Crippen LogP contribution is -2.24. The number of nitrogens with one attached hydrogen (secondary N) is 1. The van der Waals surface area contributed by atoms with E-state index in [9.17, 15) is 0 Å². The average molecular weight is 189 g/mol. The Bertz CT molecular complexity index is 361. The zero-order valence-corrected chi connectivity index (χ0v) is 8.42. The topological polar surface area (TPSA) is 21.3 Å². The number of ether oxygens (including phenoxy) is 1. The summed E-state index contributed by atoms with van der Waals surface area (Å²) >= 11 is 0. The minimum atomic E-state index is 0.606. The Morgan fingerprint density at radius 2 is 2.29 bits per heavy atom. The molecule has 0 saturated carbocycles. The number of benzene rings is 1. The van der Waals surface area contributed by atoms with Crippen LogP contribution in [0.4, 0.5) is 0 Å². The molecule has 1 aliphatic heterocycles. The lowest BCUT2D eigenvalue weighted by molar-refractivity contribution is 0.407. The third-order valence-electron chi connectivity index (χ3n) is 3.51. The van der Waals surface area contributed by atoms with Crippen molar-refractivity contribution >= 4 is 0 Å². The molecule has 2 atom stereocenters. The fourth-order valence-corrected chi connectivity index (χ4v) is 2.79. The van der Waals surface area contributed by atoms with Gasteiger partial charge in [0.25, 0.3) is 0 Å². The molecule has 1 N–H and O–H groups in total. The fraction of sp³-hybridized carbons (Fsp3) is 0.500. The van der Waals surface area contributed by atoms with E-state index in [2.05, 4.69) is 23.5 Å². The lowest BCUT2D eigenvalue weighted by atomic mass is 9.96. The molecule has 14 heavy (non-hydrogen) atoms. The van der Waals surface area contributed by atoms with Gasteiger partial charge in [-0.3, -0.25) is 0 Å². The number of rotatable bonds is 1. The van der Waals surface area contributed by atoms with Crippen molar-refractivity contribution in [3.63, 3.8) is 0 Å². The standard InChI is InChI=1S/C12H15NO/c1-14-9-2-3-10-11(7-9)8-4-5-13-12(10)6-8/h2-3,7-8,12-13H,4-6H2,1H3/t8-,12+/m1/s1. The summed E-state index contributed by atoms with van der Waals surface area (Å²) in [5.74, 6) is 1.77. The van der Waals surface area contributed by atoms with Crippen LogP contribution in [0.2, 0.25) is 0 Å². The second-order valence-corrected chi connectivity index (χ2v) is 4.22. The van der Waals surface area contributed by atoms with Crippen LogP contribution in [-0.4, -0.2) is 13.7 Å². The number of methoxy groups -OCH3 is 1. The van der Waals surface area contributed by atoms with Gasteiger partial charge in [0.15, 0.2) is 0 Å². The molecule has 2 aliphatic rings. The van der Waals surface area contributed by atoms with Crippen molar-refractivity contribution in [2.75, 3.05) is 13.7 Å². The van der Waals surface area contributed by atoms with Crippen LogP contribution in [0.3, 0.4) is 0 Å². The summed E-state index contributed by atoms with van der Waals surface area (Å²) in [6.45, 7) is 1.16. The van der Waals surface area contributed by atoms with Crippen LogP contribution in [0.25, 0.3) is 0 Å².